The van der Waals surface area contributed by atoms with E-state index in [1.807, 2.05) is 24.3 Å². The van der Waals surface area contributed by atoms with E-state index in [4.69, 9.17) is 4.52 Å². The number of carbonyl (C=O) groups excluding carboxylic acids is 1. The first kappa shape index (κ1) is 23.0. The quantitative estimate of drug-likeness (QED) is 0.339. The molecule has 0 atom stereocenters. The number of piperidine rings is 1. The molecule has 2 aromatic carbocycles. The van der Waals surface area contributed by atoms with Gasteiger partial charge in [-0.05, 0) is 57.1 Å². The number of aromatic nitrogens is 2. The summed E-state index contributed by atoms with van der Waals surface area (Å²) in [6, 6.07) is 16.3. The molecule has 3 aromatic rings. The summed E-state index contributed by atoms with van der Waals surface area (Å²) in [5.41, 5.74) is 2.18. The zero-order chi connectivity index (χ0) is 22.3. The Kier molecular flexibility index (Phi) is 8.00. The van der Waals surface area contributed by atoms with Crippen LogP contribution in [0.15, 0.2) is 62.4 Å². The summed E-state index contributed by atoms with van der Waals surface area (Å²) in [6.45, 7) is 5.10. The van der Waals surface area contributed by atoms with Crippen molar-refractivity contribution in [3.63, 3.8) is 0 Å². The van der Waals surface area contributed by atoms with Gasteiger partial charge in [0.15, 0.2) is 0 Å². The van der Waals surface area contributed by atoms with Crippen molar-refractivity contribution < 1.29 is 9.32 Å². The third kappa shape index (κ3) is 6.43. The van der Waals surface area contributed by atoms with Crippen molar-refractivity contribution in [3.05, 3.63) is 64.5 Å². The first-order valence-electron chi connectivity index (χ1n) is 10.8. The van der Waals surface area contributed by atoms with Gasteiger partial charge in [0.1, 0.15) is 0 Å². The molecular formula is C24H27BrN4O2S. The zero-order valence-electron chi connectivity index (χ0n) is 18.1. The summed E-state index contributed by atoms with van der Waals surface area (Å²) >= 11 is 5.24. The van der Waals surface area contributed by atoms with E-state index in [2.05, 4.69) is 67.5 Å². The lowest BCUT2D eigenvalue weighted by atomic mass is 9.96. The molecular weight excluding hydrogens is 488 g/mol. The van der Waals surface area contributed by atoms with Gasteiger partial charge in [-0.25, -0.2) is 0 Å². The monoisotopic (exact) mass is 514 g/mol. The number of rotatable bonds is 8. The Morgan fingerprint density at radius 3 is 2.75 bits per heavy atom. The van der Waals surface area contributed by atoms with Crippen LogP contribution in [0.25, 0.3) is 11.4 Å². The molecule has 0 bridgehead atoms. The number of halogens is 1. The Hall–Kier alpha value is -2.16. The van der Waals surface area contributed by atoms with Gasteiger partial charge >= 0.3 is 0 Å². The van der Waals surface area contributed by atoms with Gasteiger partial charge in [0.2, 0.25) is 17.6 Å². The molecule has 1 N–H and O–H groups in total. The van der Waals surface area contributed by atoms with Crippen LogP contribution in [0.4, 0.5) is 0 Å². The second kappa shape index (κ2) is 11.1. The van der Waals surface area contributed by atoms with Crippen molar-refractivity contribution >= 4 is 33.6 Å². The molecule has 0 radical (unpaired) electrons. The van der Waals surface area contributed by atoms with E-state index < -0.39 is 0 Å². The van der Waals surface area contributed by atoms with Gasteiger partial charge < -0.3 is 9.84 Å². The van der Waals surface area contributed by atoms with E-state index in [0.29, 0.717) is 24.8 Å². The average Bonchev–Trinajstić information content (AvgIpc) is 3.27. The largest absolute Gasteiger partial charge is 0.355 e. The highest BCUT2D eigenvalue weighted by molar-refractivity contribution is 9.10. The van der Waals surface area contributed by atoms with Crippen molar-refractivity contribution in [2.45, 2.75) is 31.2 Å². The predicted molar refractivity (Wildman–Crippen MR) is 130 cm³/mol. The third-order valence-corrected chi connectivity index (χ3v) is 7.07. The molecule has 0 unspecified atom stereocenters. The van der Waals surface area contributed by atoms with Crippen LogP contribution in [0.1, 0.15) is 24.3 Å². The Bertz CT molecular complexity index is 1030. The number of likely N-dealkylation sites (tertiary alicyclic amines) is 1. The van der Waals surface area contributed by atoms with Crippen molar-refractivity contribution in [1.82, 2.24) is 20.4 Å². The second-order valence-corrected chi connectivity index (χ2v) is 10.1. The number of aryl methyl sites for hydroxylation is 1. The van der Waals surface area contributed by atoms with Crippen molar-refractivity contribution in [1.29, 1.82) is 0 Å². The standard InChI is InChI=1S/C24H27BrN4O2S/c1-17-5-7-21(8-6-17)32-14-11-26-24(30)18-9-12-29(13-10-18)16-22-27-23(28-31-22)19-3-2-4-20(25)15-19/h2-8,15,18H,9-14,16H2,1H3,(H,26,30). The van der Waals surface area contributed by atoms with E-state index in [9.17, 15) is 4.79 Å². The summed E-state index contributed by atoms with van der Waals surface area (Å²) < 4.78 is 6.43. The van der Waals surface area contributed by atoms with Crippen molar-refractivity contribution in [2.75, 3.05) is 25.4 Å². The maximum atomic E-state index is 12.5. The fourth-order valence-corrected chi connectivity index (χ4v) is 4.90. The highest BCUT2D eigenvalue weighted by Gasteiger charge is 2.25. The van der Waals surface area contributed by atoms with Crippen molar-refractivity contribution in [2.24, 2.45) is 5.92 Å². The SMILES string of the molecule is Cc1ccc(SCCNC(=O)C2CCN(Cc3nc(-c4cccc(Br)c4)no3)CC2)cc1. The number of nitrogens with zero attached hydrogens (tertiary/aromatic N) is 3. The number of thioether (sulfide) groups is 1. The molecule has 1 aromatic heterocycles. The lowest BCUT2D eigenvalue weighted by Gasteiger charge is -2.30. The molecule has 0 saturated carbocycles. The van der Waals surface area contributed by atoms with Gasteiger partial charge in [0.25, 0.3) is 0 Å². The predicted octanol–water partition coefficient (Wildman–Crippen LogP) is 4.93. The topological polar surface area (TPSA) is 71.3 Å². The molecule has 32 heavy (non-hydrogen) atoms. The number of nitrogens with one attached hydrogen (secondary N) is 1. The molecule has 1 fully saturated rings. The molecule has 1 saturated heterocycles. The lowest BCUT2D eigenvalue weighted by molar-refractivity contribution is -0.126. The summed E-state index contributed by atoms with van der Waals surface area (Å²) in [7, 11) is 0. The first-order valence-corrected chi connectivity index (χ1v) is 12.6. The molecule has 1 aliphatic rings. The summed E-state index contributed by atoms with van der Waals surface area (Å²) in [4.78, 5) is 20.6. The zero-order valence-corrected chi connectivity index (χ0v) is 20.5. The second-order valence-electron chi connectivity index (χ2n) is 8.03. The third-order valence-electron chi connectivity index (χ3n) is 5.56. The van der Waals surface area contributed by atoms with Gasteiger partial charge in [-0.15, -0.1) is 11.8 Å². The molecule has 2 heterocycles. The smallest absolute Gasteiger partial charge is 0.241 e. The number of hydrogen-bond donors (Lipinski definition) is 1. The van der Waals surface area contributed by atoms with Crippen LogP contribution >= 0.6 is 27.7 Å². The maximum Gasteiger partial charge on any atom is 0.241 e. The molecule has 4 rings (SSSR count). The minimum absolute atomic E-state index is 0.0792. The Balaban J connectivity index is 1.17. The van der Waals surface area contributed by atoms with Gasteiger partial charge in [-0.1, -0.05) is 50.9 Å². The Labute approximate surface area is 201 Å². The highest BCUT2D eigenvalue weighted by Crippen LogP contribution is 2.23. The average molecular weight is 515 g/mol. The Morgan fingerprint density at radius 1 is 1.22 bits per heavy atom. The Morgan fingerprint density at radius 2 is 2.00 bits per heavy atom. The molecule has 168 valence electrons. The van der Waals surface area contributed by atoms with Gasteiger partial charge in [0, 0.05) is 33.1 Å². The van der Waals surface area contributed by atoms with E-state index in [0.717, 1.165) is 41.7 Å². The van der Waals surface area contributed by atoms with Crippen LogP contribution in [0.5, 0.6) is 0 Å². The summed E-state index contributed by atoms with van der Waals surface area (Å²) in [6.07, 6.45) is 1.70. The summed E-state index contributed by atoms with van der Waals surface area (Å²) in [5, 5.41) is 7.21. The number of benzene rings is 2. The van der Waals surface area contributed by atoms with Crippen LogP contribution in [-0.2, 0) is 11.3 Å². The van der Waals surface area contributed by atoms with E-state index >= 15 is 0 Å². The number of hydrogen-bond acceptors (Lipinski definition) is 6. The van der Waals surface area contributed by atoms with Gasteiger partial charge in [-0.2, -0.15) is 4.98 Å². The van der Waals surface area contributed by atoms with Crippen LogP contribution in [-0.4, -0.2) is 46.3 Å². The van der Waals surface area contributed by atoms with Crippen LogP contribution < -0.4 is 5.32 Å². The van der Waals surface area contributed by atoms with Crippen LogP contribution in [0, 0.1) is 12.8 Å². The minimum Gasteiger partial charge on any atom is -0.355 e. The molecule has 8 heteroatoms. The van der Waals surface area contributed by atoms with Crippen LogP contribution in [0.2, 0.25) is 0 Å². The van der Waals surface area contributed by atoms with Crippen molar-refractivity contribution in [3.8, 4) is 11.4 Å². The summed E-state index contributed by atoms with van der Waals surface area (Å²) in [5.74, 6) is 2.33. The highest BCUT2D eigenvalue weighted by atomic mass is 79.9. The van der Waals surface area contributed by atoms with E-state index in [1.54, 1.807) is 11.8 Å². The molecule has 1 amide bonds. The molecule has 0 aliphatic carbocycles. The number of carbonyl (C=O) groups is 1. The van der Waals surface area contributed by atoms with Gasteiger partial charge in [0.05, 0.1) is 6.54 Å². The lowest BCUT2D eigenvalue weighted by Crippen LogP contribution is -2.40. The van der Waals surface area contributed by atoms with E-state index in [1.165, 1.54) is 10.5 Å². The van der Waals surface area contributed by atoms with Gasteiger partial charge in [-0.3, -0.25) is 9.69 Å². The molecule has 0 spiro atoms. The molecule has 6 nitrogen and oxygen atoms in total. The first-order chi connectivity index (χ1) is 15.6. The molecule has 1 aliphatic heterocycles. The van der Waals surface area contributed by atoms with Crippen LogP contribution in [0.3, 0.4) is 0 Å². The maximum absolute atomic E-state index is 12.5. The fraction of sp³-hybridized carbons (Fsp3) is 0.375. The minimum atomic E-state index is 0.0792. The fourth-order valence-electron chi connectivity index (χ4n) is 3.73. The number of amides is 1. The normalized spacial score (nSPS) is 15.1. The van der Waals surface area contributed by atoms with E-state index in [-0.39, 0.29) is 11.8 Å².